The van der Waals surface area contributed by atoms with E-state index in [1.54, 1.807) is 6.20 Å². The lowest BCUT2D eigenvalue weighted by atomic mass is 10.0. The van der Waals surface area contributed by atoms with E-state index in [9.17, 15) is 0 Å². The van der Waals surface area contributed by atoms with Crippen molar-refractivity contribution in [2.75, 3.05) is 10.6 Å². The van der Waals surface area contributed by atoms with Crippen molar-refractivity contribution in [1.29, 1.82) is 0 Å². The number of rotatable bonds is 6. The SMILES string of the molecule is CCc1cccc(CC)c1Nc1nccc(NC2CC2)n1. The molecule has 0 saturated heterocycles. The Balaban J connectivity index is 1.85. The molecule has 0 atom stereocenters. The summed E-state index contributed by atoms with van der Waals surface area (Å²) < 4.78 is 0. The van der Waals surface area contributed by atoms with Gasteiger partial charge in [0.05, 0.1) is 0 Å². The number of aryl methyl sites for hydroxylation is 2. The predicted molar refractivity (Wildman–Crippen MR) is 87.2 cm³/mol. The van der Waals surface area contributed by atoms with Crippen LogP contribution in [0.3, 0.4) is 0 Å². The van der Waals surface area contributed by atoms with Crippen LogP contribution in [0.5, 0.6) is 0 Å². The van der Waals surface area contributed by atoms with Gasteiger partial charge in [-0.15, -0.1) is 0 Å². The van der Waals surface area contributed by atoms with Crippen LogP contribution in [-0.2, 0) is 12.8 Å². The molecule has 3 rings (SSSR count). The van der Waals surface area contributed by atoms with Crippen LogP contribution in [-0.4, -0.2) is 16.0 Å². The molecule has 1 aromatic carbocycles. The Morgan fingerprint density at radius 2 is 1.81 bits per heavy atom. The molecule has 1 aliphatic rings. The van der Waals surface area contributed by atoms with Crippen LogP contribution in [0.2, 0.25) is 0 Å². The number of para-hydroxylation sites is 1. The van der Waals surface area contributed by atoms with E-state index in [0.29, 0.717) is 12.0 Å². The van der Waals surface area contributed by atoms with Crippen molar-refractivity contribution in [3.63, 3.8) is 0 Å². The average molecular weight is 282 g/mol. The molecule has 0 amide bonds. The summed E-state index contributed by atoms with van der Waals surface area (Å²) in [6, 6.07) is 8.97. The molecule has 2 aromatic rings. The summed E-state index contributed by atoms with van der Waals surface area (Å²) in [5.74, 6) is 1.57. The first-order valence-corrected chi connectivity index (χ1v) is 7.77. The molecular formula is C17H22N4. The Morgan fingerprint density at radius 3 is 2.43 bits per heavy atom. The lowest BCUT2D eigenvalue weighted by molar-refractivity contribution is 1.06. The topological polar surface area (TPSA) is 49.8 Å². The second-order valence-electron chi connectivity index (χ2n) is 5.47. The Labute approximate surface area is 126 Å². The highest BCUT2D eigenvalue weighted by molar-refractivity contribution is 5.64. The number of hydrogen-bond donors (Lipinski definition) is 2. The van der Waals surface area contributed by atoms with Crippen molar-refractivity contribution in [3.05, 3.63) is 41.6 Å². The third-order valence-electron chi connectivity index (χ3n) is 3.82. The van der Waals surface area contributed by atoms with E-state index in [0.717, 1.165) is 24.3 Å². The van der Waals surface area contributed by atoms with Gasteiger partial charge in [0.25, 0.3) is 0 Å². The summed E-state index contributed by atoms with van der Waals surface area (Å²) in [7, 11) is 0. The first-order valence-electron chi connectivity index (χ1n) is 7.77. The summed E-state index contributed by atoms with van der Waals surface area (Å²) in [5, 5.41) is 6.82. The molecule has 21 heavy (non-hydrogen) atoms. The van der Waals surface area contributed by atoms with Gasteiger partial charge in [0.1, 0.15) is 5.82 Å². The van der Waals surface area contributed by atoms with Crippen LogP contribution in [0, 0.1) is 0 Å². The number of nitrogens with one attached hydrogen (secondary N) is 2. The van der Waals surface area contributed by atoms with Gasteiger partial charge in [-0.25, -0.2) is 4.98 Å². The molecule has 0 aliphatic heterocycles. The Kier molecular flexibility index (Phi) is 4.04. The lowest BCUT2D eigenvalue weighted by Crippen LogP contribution is -2.07. The van der Waals surface area contributed by atoms with Crippen molar-refractivity contribution in [2.24, 2.45) is 0 Å². The van der Waals surface area contributed by atoms with E-state index in [1.807, 2.05) is 6.07 Å². The molecule has 110 valence electrons. The van der Waals surface area contributed by atoms with Gasteiger partial charge in [-0.2, -0.15) is 4.98 Å². The van der Waals surface area contributed by atoms with Crippen LogP contribution < -0.4 is 10.6 Å². The zero-order valence-electron chi connectivity index (χ0n) is 12.7. The van der Waals surface area contributed by atoms with Crippen LogP contribution in [0.4, 0.5) is 17.5 Å². The minimum Gasteiger partial charge on any atom is -0.367 e. The zero-order chi connectivity index (χ0) is 14.7. The van der Waals surface area contributed by atoms with Crippen molar-refractivity contribution in [1.82, 2.24) is 9.97 Å². The largest absolute Gasteiger partial charge is 0.367 e. The fraction of sp³-hybridized carbons (Fsp3) is 0.412. The van der Waals surface area contributed by atoms with E-state index in [1.165, 1.54) is 24.0 Å². The van der Waals surface area contributed by atoms with E-state index in [2.05, 4.69) is 52.6 Å². The predicted octanol–water partition coefficient (Wildman–Crippen LogP) is 3.92. The average Bonchev–Trinajstić information content (AvgIpc) is 3.32. The first-order chi connectivity index (χ1) is 10.3. The van der Waals surface area contributed by atoms with Crippen molar-refractivity contribution in [3.8, 4) is 0 Å². The molecule has 4 heteroatoms. The smallest absolute Gasteiger partial charge is 0.229 e. The minimum absolute atomic E-state index is 0.599. The van der Waals surface area contributed by atoms with Gasteiger partial charge in [-0.05, 0) is 42.9 Å². The highest BCUT2D eigenvalue weighted by atomic mass is 15.2. The fourth-order valence-electron chi connectivity index (χ4n) is 2.45. The molecule has 1 heterocycles. The maximum atomic E-state index is 4.57. The molecule has 1 saturated carbocycles. The maximum Gasteiger partial charge on any atom is 0.229 e. The number of anilines is 3. The molecule has 1 fully saturated rings. The van der Waals surface area contributed by atoms with Crippen LogP contribution in [0.25, 0.3) is 0 Å². The van der Waals surface area contributed by atoms with E-state index < -0.39 is 0 Å². The third-order valence-corrected chi connectivity index (χ3v) is 3.82. The summed E-state index contributed by atoms with van der Waals surface area (Å²) in [6.45, 7) is 4.35. The molecule has 0 bridgehead atoms. The quantitative estimate of drug-likeness (QED) is 0.843. The fourth-order valence-corrected chi connectivity index (χ4v) is 2.45. The van der Waals surface area contributed by atoms with Gasteiger partial charge in [0.2, 0.25) is 5.95 Å². The molecule has 0 radical (unpaired) electrons. The monoisotopic (exact) mass is 282 g/mol. The summed E-state index contributed by atoms with van der Waals surface area (Å²) in [4.78, 5) is 8.92. The second kappa shape index (κ2) is 6.12. The molecule has 4 nitrogen and oxygen atoms in total. The van der Waals surface area contributed by atoms with Gasteiger partial charge in [0.15, 0.2) is 0 Å². The first kappa shape index (κ1) is 13.9. The molecule has 0 unspecified atom stereocenters. The molecular weight excluding hydrogens is 260 g/mol. The number of nitrogens with zero attached hydrogens (tertiary/aromatic N) is 2. The third kappa shape index (κ3) is 3.32. The molecule has 1 aromatic heterocycles. The number of benzene rings is 1. The van der Waals surface area contributed by atoms with Gasteiger partial charge >= 0.3 is 0 Å². The summed E-state index contributed by atoms with van der Waals surface area (Å²) >= 11 is 0. The normalized spacial score (nSPS) is 14.0. The Morgan fingerprint density at radius 1 is 1.10 bits per heavy atom. The Hall–Kier alpha value is -2.10. The summed E-state index contributed by atoms with van der Waals surface area (Å²) in [6.07, 6.45) is 6.28. The van der Waals surface area contributed by atoms with Crippen molar-refractivity contribution in [2.45, 2.75) is 45.6 Å². The van der Waals surface area contributed by atoms with Gasteiger partial charge in [-0.1, -0.05) is 32.0 Å². The summed E-state index contributed by atoms with van der Waals surface area (Å²) in [5.41, 5.74) is 3.77. The zero-order valence-corrected chi connectivity index (χ0v) is 12.7. The number of hydrogen-bond acceptors (Lipinski definition) is 4. The maximum absolute atomic E-state index is 4.57. The Bertz CT molecular complexity index is 598. The minimum atomic E-state index is 0.599. The second-order valence-corrected chi connectivity index (χ2v) is 5.47. The van der Waals surface area contributed by atoms with Gasteiger partial charge < -0.3 is 10.6 Å². The van der Waals surface area contributed by atoms with E-state index >= 15 is 0 Å². The standard InChI is InChI=1S/C17H22N4/c1-3-12-6-5-7-13(4-2)16(12)21-17-18-11-10-15(20-17)19-14-8-9-14/h5-7,10-11,14H,3-4,8-9H2,1-2H3,(H2,18,19,20,21). The van der Waals surface area contributed by atoms with Gasteiger partial charge in [-0.3, -0.25) is 0 Å². The van der Waals surface area contributed by atoms with Crippen molar-refractivity contribution >= 4 is 17.5 Å². The van der Waals surface area contributed by atoms with Gasteiger partial charge in [0, 0.05) is 17.9 Å². The number of aromatic nitrogens is 2. The van der Waals surface area contributed by atoms with E-state index in [4.69, 9.17) is 0 Å². The van der Waals surface area contributed by atoms with E-state index in [-0.39, 0.29) is 0 Å². The van der Waals surface area contributed by atoms with Crippen LogP contribution in [0.1, 0.15) is 37.8 Å². The van der Waals surface area contributed by atoms with Crippen LogP contribution in [0.15, 0.2) is 30.5 Å². The highest BCUT2D eigenvalue weighted by Crippen LogP contribution is 2.27. The highest BCUT2D eigenvalue weighted by Gasteiger charge is 2.21. The lowest BCUT2D eigenvalue weighted by Gasteiger charge is -2.14. The van der Waals surface area contributed by atoms with Crippen LogP contribution >= 0.6 is 0 Å². The molecule has 0 spiro atoms. The van der Waals surface area contributed by atoms with Crippen molar-refractivity contribution < 1.29 is 0 Å². The molecule has 2 N–H and O–H groups in total. The molecule has 1 aliphatic carbocycles.